The average molecular weight is 1110 g/mol. The lowest BCUT2D eigenvalue weighted by molar-refractivity contribution is -0.166. The Kier molecular flexibility index (Phi) is 62.0. The Labute approximate surface area is 497 Å². The highest BCUT2D eigenvalue weighted by Crippen LogP contribution is 2.14. The van der Waals surface area contributed by atoms with Gasteiger partial charge in [-0.05, 0) is 141 Å². The molecule has 0 spiro atoms. The van der Waals surface area contributed by atoms with E-state index in [1.165, 1.54) is 38.5 Å². The summed E-state index contributed by atoms with van der Waals surface area (Å²) < 4.78 is 16.8. The van der Waals surface area contributed by atoms with Gasteiger partial charge in [-0.1, -0.05) is 273 Å². The van der Waals surface area contributed by atoms with Crippen LogP contribution in [0.15, 0.2) is 194 Å². The molecular formula is C75H114O6. The van der Waals surface area contributed by atoms with E-state index in [1.807, 2.05) is 6.08 Å². The number of carbonyl (C=O) groups excluding carboxylic acids is 3. The number of hydrogen-bond donors (Lipinski definition) is 0. The molecule has 0 aromatic carbocycles. The summed E-state index contributed by atoms with van der Waals surface area (Å²) in [5, 5.41) is 0. The summed E-state index contributed by atoms with van der Waals surface area (Å²) >= 11 is 0. The number of rotatable bonds is 55. The molecule has 6 nitrogen and oxygen atoms in total. The second-order valence-electron chi connectivity index (χ2n) is 20.2. The van der Waals surface area contributed by atoms with Gasteiger partial charge in [-0.15, -0.1) is 0 Å². The van der Waals surface area contributed by atoms with E-state index < -0.39 is 12.1 Å². The van der Waals surface area contributed by atoms with Crippen molar-refractivity contribution >= 4 is 17.9 Å². The summed E-state index contributed by atoms with van der Waals surface area (Å²) in [6.07, 6.45) is 102. The Bertz CT molecular complexity index is 1950. The minimum Gasteiger partial charge on any atom is -0.462 e. The number of esters is 3. The molecule has 0 aromatic heterocycles. The summed E-state index contributed by atoms with van der Waals surface area (Å²) in [7, 11) is 0. The number of hydrogen-bond acceptors (Lipinski definition) is 6. The second kappa shape index (κ2) is 66.8. The molecule has 81 heavy (non-hydrogen) atoms. The molecule has 6 heteroatoms. The van der Waals surface area contributed by atoms with Crippen molar-refractivity contribution in [2.24, 2.45) is 0 Å². The van der Waals surface area contributed by atoms with Crippen molar-refractivity contribution in [3.05, 3.63) is 194 Å². The molecule has 0 radical (unpaired) electrons. The van der Waals surface area contributed by atoms with Crippen molar-refractivity contribution < 1.29 is 28.6 Å². The third-order valence-corrected chi connectivity index (χ3v) is 12.6. The number of allylic oxidation sites excluding steroid dienone is 31. The van der Waals surface area contributed by atoms with E-state index in [0.29, 0.717) is 12.8 Å². The van der Waals surface area contributed by atoms with Crippen LogP contribution in [-0.2, 0) is 28.6 Å². The molecule has 0 aliphatic heterocycles. The lowest BCUT2D eigenvalue weighted by Gasteiger charge is -2.18. The van der Waals surface area contributed by atoms with E-state index in [-0.39, 0.29) is 38.0 Å². The Balaban J connectivity index is 4.54. The van der Waals surface area contributed by atoms with Gasteiger partial charge in [0.15, 0.2) is 6.10 Å². The molecule has 0 aliphatic rings. The normalized spacial score (nSPS) is 13.5. The fraction of sp³-hybridized carbons (Fsp3) is 0.533. The van der Waals surface area contributed by atoms with Crippen LogP contribution in [0, 0.1) is 0 Å². The Morgan fingerprint density at radius 3 is 0.802 bits per heavy atom. The smallest absolute Gasteiger partial charge is 0.309 e. The van der Waals surface area contributed by atoms with Gasteiger partial charge < -0.3 is 14.2 Å². The van der Waals surface area contributed by atoms with E-state index in [2.05, 4.69) is 203 Å². The topological polar surface area (TPSA) is 78.9 Å². The van der Waals surface area contributed by atoms with Crippen molar-refractivity contribution in [3.8, 4) is 0 Å². The first-order valence-electron chi connectivity index (χ1n) is 31.9. The maximum Gasteiger partial charge on any atom is 0.309 e. The number of carbonyl (C=O) groups is 3. The number of unbranched alkanes of at least 4 members (excludes halogenated alkanes) is 13. The van der Waals surface area contributed by atoms with Crippen molar-refractivity contribution in [2.45, 2.75) is 245 Å². The fourth-order valence-corrected chi connectivity index (χ4v) is 7.96. The molecule has 0 heterocycles. The van der Waals surface area contributed by atoms with E-state index in [1.54, 1.807) is 6.08 Å². The summed E-state index contributed by atoms with van der Waals surface area (Å²) in [5.41, 5.74) is 0. The SMILES string of the molecule is CC/C=C\C/C=C\C/C=C\C/C=C\C/C=C\C/C=C\CCCCCCC(=O)OC(COC(=O)C/C=C\C/C=C\C/C=C\C/C=C\C/C=C\CC)COC(=O)CCCCCCCCCCC/C=C\C/C=C\C/C=C\C/C=C\C/C=C\CC. The van der Waals surface area contributed by atoms with Gasteiger partial charge in [0.2, 0.25) is 0 Å². The Morgan fingerprint density at radius 1 is 0.259 bits per heavy atom. The molecule has 450 valence electrons. The monoisotopic (exact) mass is 1110 g/mol. The zero-order valence-corrected chi connectivity index (χ0v) is 51.5. The van der Waals surface area contributed by atoms with Crippen LogP contribution in [0.25, 0.3) is 0 Å². The maximum absolute atomic E-state index is 12.9. The molecule has 0 saturated heterocycles. The van der Waals surface area contributed by atoms with Crippen LogP contribution in [-0.4, -0.2) is 37.2 Å². The van der Waals surface area contributed by atoms with Gasteiger partial charge in [-0.3, -0.25) is 14.4 Å². The second-order valence-corrected chi connectivity index (χ2v) is 20.2. The third-order valence-electron chi connectivity index (χ3n) is 12.6. The highest BCUT2D eigenvalue weighted by molar-refractivity contribution is 5.72. The lowest BCUT2D eigenvalue weighted by atomic mass is 10.1. The van der Waals surface area contributed by atoms with Crippen LogP contribution >= 0.6 is 0 Å². The molecule has 0 aliphatic carbocycles. The van der Waals surface area contributed by atoms with E-state index >= 15 is 0 Å². The van der Waals surface area contributed by atoms with E-state index in [0.717, 1.165) is 154 Å². The lowest BCUT2D eigenvalue weighted by Crippen LogP contribution is -2.30. The van der Waals surface area contributed by atoms with Crippen LogP contribution in [0.5, 0.6) is 0 Å². The molecule has 1 unspecified atom stereocenters. The fourth-order valence-electron chi connectivity index (χ4n) is 7.96. The molecule has 1 atom stereocenters. The highest BCUT2D eigenvalue weighted by Gasteiger charge is 2.19. The highest BCUT2D eigenvalue weighted by atomic mass is 16.6. The molecule has 0 saturated carbocycles. The van der Waals surface area contributed by atoms with Gasteiger partial charge >= 0.3 is 17.9 Å². The summed E-state index contributed by atoms with van der Waals surface area (Å²) in [6.45, 7) is 6.17. The van der Waals surface area contributed by atoms with Crippen LogP contribution in [0.4, 0.5) is 0 Å². The molecular weight excluding hydrogens is 997 g/mol. The first-order chi connectivity index (χ1) is 40.0. The average Bonchev–Trinajstić information content (AvgIpc) is 3.47. The molecule has 0 fully saturated rings. The van der Waals surface area contributed by atoms with Gasteiger partial charge in [-0.2, -0.15) is 0 Å². The van der Waals surface area contributed by atoms with Crippen LogP contribution in [0.2, 0.25) is 0 Å². The van der Waals surface area contributed by atoms with Gasteiger partial charge in [-0.25, -0.2) is 0 Å². The number of ether oxygens (including phenoxy) is 3. The van der Waals surface area contributed by atoms with Crippen molar-refractivity contribution in [1.82, 2.24) is 0 Å². The van der Waals surface area contributed by atoms with Crippen molar-refractivity contribution in [1.29, 1.82) is 0 Å². The Hall–Kier alpha value is -5.75. The minimum absolute atomic E-state index is 0.109. The maximum atomic E-state index is 12.9. The summed E-state index contributed by atoms with van der Waals surface area (Å²) in [6, 6.07) is 0. The molecule has 0 bridgehead atoms. The molecule has 0 amide bonds. The Morgan fingerprint density at radius 2 is 0.494 bits per heavy atom. The van der Waals surface area contributed by atoms with E-state index in [4.69, 9.17) is 14.2 Å². The van der Waals surface area contributed by atoms with Crippen LogP contribution in [0.3, 0.4) is 0 Å². The molecule has 0 aromatic rings. The first-order valence-corrected chi connectivity index (χ1v) is 31.9. The minimum atomic E-state index is -0.848. The summed E-state index contributed by atoms with van der Waals surface area (Å²) in [4.78, 5) is 38.3. The van der Waals surface area contributed by atoms with E-state index in [9.17, 15) is 14.4 Å². The largest absolute Gasteiger partial charge is 0.462 e. The van der Waals surface area contributed by atoms with Crippen LogP contribution in [0.1, 0.15) is 239 Å². The van der Waals surface area contributed by atoms with Gasteiger partial charge in [0.25, 0.3) is 0 Å². The quantitative estimate of drug-likeness (QED) is 0.0261. The van der Waals surface area contributed by atoms with Gasteiger partial charge in [0.1, 0.15) is 13.2 Å². The zero-order chi connectivity index (χ0) is 58.5. The predicted octanol–water partition coefficient (Wildman–Crippen LogP) is 22.2. The standard InChI is InChI=1S/C75H114O6/c1-4-7-10-13-16-19-22-25-28-30-32-34-36-37-39-40-42-44-47-50-53-56-59-62-65-68-74(77)80-71-72(70-79-73(76)67-64-61-58-55-52-49-46-27-24-21-18-15-12-9-6-3)81-75(78)69-66-63-60-57-54-51-48-45-43-41-38-35-33-31-29-26-23-20-17-14-11-8-5-2/h7-12,16-21,25-29,32-35,37,39,41,43,46,48,51-52,55,61,64,72H,4-6,13-15,22-24,30-31,36,38,40,42,44-45,47,49-50,53-54,56-60,62-63,65-71H2,1-3H3/b10-7-,11-8-,12-9-,19-16-,20-17-,21-18-,28-25-,29-26-,34-32-,35-33-,39-37-,43-41-,46-27-,51-48-,55-52-,64-61-. The summed E-state index contributed by atoms with van der Waals surface area (Å²) in [5.74, 6) is -1.11. The van der Waals surface area contributed by atoms with Crippen molar-refractivity contribution in [2.75, 3.05) is 13.2 Å². The molecule has 0 rings (SSSR count). The zero-order valence-electron chi connectivity index (χ0n) is 51.5. The first kappa shape index (κ1) is 75.2. The van der Waals surface area contributed by atoms with Crippen LogP contribution < -0.4 is 0 Å². The van der Waals surface area contributed by atoms with Gasteiger partial charge in [0, 0.05) is 12.8 Å². The predicted molar refractivity (Wildman–Crippen MR) is 352 cm³/mol. The molecule has 0 N–H and O–H groups in total. The third kappa shape index (κ3) is 64.9. The van der Waals surface area contributed by atoms with Gasteiger partial charge in [0.05, 0.1) is 6.42 Å². The van der Waals surface area contributed by atoms with Crippen molar-refractivity contribution in [3.63, 3.8) is 0 Å².